The number of pyridine rings is 1. The van der Waals surface area contributed by atoms with Crippen LogP contribution in [0.25, 0.3) is 0 Å². The summed E-state index contributed by atoms with van der Waals surface area (Å²) in [5, 5.41) is 9.42. The monoisotopic (exact) mass is 258 g/mol. The van der Waals surface area contributed by atoms with Gasteiger partial charge in [0.2, 0.25) is 0 Å². The van der Waals surface area contributed by atoms with Crippen molar-refractivity contribution in [1.29, 1.82) is 5.26 Å². The van der Waals surface area contributed by atoms with Crippen LogP contribution in [0.1, 0.15) is 16.7 Å². The summed E-state index contributed by atoms with van der Waals surface area (Å²) in [6.07, 6.45) is 3.25. The summed E-state index contributed by atoms with van der Waals surface area (Å²) >= 11 is 5.99. The molecule has 3 nitrogen and oxygen atoms in total. The molecule has 0 aliphatic carbocycles. The summed E-state index contributed by atoms with van der Waals surface area (Å²) in [6, 6.07) is 9.25. The lowest BCUT2D eigenvalue weighted by molar-refractivity contribution is 0.304. The minimum absolute atomic E-state index is 0.358. The van der Waals surface area contributed by atoms with Gasteiger partial charge < -0.3 is 4.74 Å². The molecule has 1 aromatic carbocycles. The Morgan fingerprint density at radius 1 is 1.39 bits per heavy atom. The standard InChI is InChI=1S/C14H11ClN2O/c1-10-2-3-11(7-16)6-14(10)18-9-12-4-5-17-8-13(12)15/h2-6,8H,9H2,1H3. The van der Waals surface area contributed by atoms with Gasteiger partial charge in [-0.05, 0) is 30.7 Å². The maximum absolute atomic E-state index is 8.85. The van der Waals surface area contributed by atoms with Gasteiger partial charge in [0.15, 0.2) is 0 Å². The Kier molecular flexibility index (Phi) is 3.81. The van der Waals surface area contributed by atoms with E-state index in [1.807, 2.05) is 19.1 Å². The van der Waals surface area contributed by atoms with Gasteiger partial charge in [-0.1, -0.05) is 17.7 Å². The lowest BCUT2D eigenvalue weighted by atomic mass is 10.1. The molecule has 0 radical (unpaired) electrons. The Bertz CT molecular complexity index is 605. The van der Waals surface area contributed by atoms with E-state index in [-0.39, 0.29) is 0 Å². The van der Waals surface area contributed by atoms with E-state index in [1.54, 1.807) is 24.5 Å². The molecule has 2 rings (SSSR count). The molecule has 18 heavy (non-hydrogen) atoms. The number of aryl methyl sites for hydroxylation is 1. The van der Waals surface area contributed by atoms with E-state index in [2.05, 4.69) is 11.1 Å². The Morgan fingerprint density at radius 3 is 2.94 bits per heavy atom. The van der Waals surface area contributed by atoms with E-state index in [0.29, 0.717) is 22.9 Å². The van der Waals surface area contributed by atoms with E-state index >= 15 is 0 Å². The Morgan fingerprint density at radius 2 is 2.22 bits per heavy atom. The summed E-state index contributed by atoms with van der Waals surface area (Å²) in [7, 11) is 0. The molecule has 0 atom stereocenters. The minimum atomic E-state index is 0.358. The molecule has 1 heterocycles. The average molecular weight is 259 g/mol. The van der Waals surface area contributed by atoms with Crippen molar-refractivity contribution in [2.45, 2.75) is 13.5 Å². The van der Waals surface area contributed by atoms with Crippen molar-refractivity contribution in [3.05, 3.63) is 58.4 Å². The summed E-state index contributed by atoms with van der Waals surface area (Å²) in [6.45, 7) is 2.29. The van der Waals surface area contributed by atoms with Crippen LogP contribution in [0.2, 0.25) is 5.02 Å². The maximum Gasteiger partial charge on any atom is 0.124 e. The molecule has 2 aromatic rings. The van der Waals surface area contributed by atoms with E-state index < -0.39 is 0 Å². The van der Waals surface area contributed by atoms with Gasteiger partial charge in [-0.15, -0.1) is 0 Å². The number of hydrogen-bond acceptors (Lipinski definition) is 3. The van der Waals surface area contributed by atoms with Crippen LogP contribution in [-0.2, 0) is 6.61 Å². The number of nitrogens with zero attached hydrogens (tertiary/aromatic N) is 2. The summed E-state index contributed by atoms with van der Waals surface area (Å²) in [5.41, 5.74) is 2.43. The first-order chi connectivity index (χ1) is 8.70. The Hall–Kier alpha value is -2.05. The first-order valence-corrected chi connectivity index (χ1v) is 5.80. The van der Waals surface area contributed by atoms with Crippen molar-refractivity contribution in [2.24, 2.45) is 0 Å². The van der Waals surface area contributed by atoms with Crippen LogP contribution in [0.4, 0.5) is 0 Å². The fraction of sp³-hybridized carbons (Fsp3) is 0.143. The van der Waals surface area contributed by atoms with Gasteiger partial charge in [0.1, 0.15) is 12.4 Å². The number of benzene rings is 1. The third-order valence-electron chi connectivity index (χ3n) is 2.56. The highest BCUT2D eigenvalue weighted by atomic mass is 35.5. The molecule has 0 aliphatic heterocycles. The predicted molar refractivity (Wildman–Crippen MR) is 69.5 cm³/mol. The second-order valence-corrected chi connectivity index (χ2v) is 4.26. The van der Waals surface area contributed by atoms with Gasteiger partial charge in [0, 0.05) is 18.0 Å². The summed E-state index contributed by atoms with van der Waals surface area (Å²) < 4.78 is 5.68. The van der Waals surface area contributed by atoms with Gasteiger partial charge in [-0.25, -0.2) is 0 Å². The molecule has 0 saturated heterocycles. The van der Waals surface area contributed by atoms with Crippen LogP contribution < -0.4 is 4.74 Å². The fourth-order valence-electron chi connectivity index (χ4n) is 1.50. The third-order valence-corrected chi connectivity index (χ3v) is 2.90. The van der Waals surface area contributed by atoms with Crippen molar-refractivity contribution in [3.63, 3.8) is 0 Å². The van der Waals surface area contributed by atoms with Crippen LogP contribution in [-0.4, -0.2) is 4.98 Å². The Balaban J connectivity index is 2.16. The quantitative estimate of drug-likeness (QED) is 0.847. The molecule has 0 aliphatic rings. The smallest absolute Gasteiger partial charge is 0.124 e. The van der Waals surface area contributed by atoms with Crippen molar-refractivity contribution >= 4 is 11.6 Å². The second-order valence-electron chi connectivity index (χ2n) is 3.85. The van der Waals surface area contributed by atoms with Crippen LogP contribution >= 0.6 is 11.6 Å². The van der Waals surface area contributed by atoms with Crippen molar-refractivity contribution < 1.29 is 4.74 Å². The van der Waals surface area contributed by atoms with Crippen molar-refractivity contribution in [3.8, 4) is 11.8 Å². The lowest BCUT2D eigenvalue weighted by Crippen LogP contribution is -1.98. The molecular formula is C14H11ClN2O. The van der Waals surface area contributed by atoms with E-state index in [1.165, 1.54) is 0 Å². The van der Waals surface area contributed by atoms with Gasteiger partial charge >= 0.3 is 0 Å². The van der Waals surface area contributed by atoms with Crippen molar-refractivity contribution in [1.82, 2.24) is 4.98 Å². The van der Waals surface area contributed by atoms with Gasteiger partial charge in [-0.2, -0.15) is 5.26 Å². The fourth-order valence-corrected chi connectivity index (χ4v) is 1.68. The molecule has 90 valence electrons. The maximum atomic E-state index is 8.85. The topological polar surface area (TPSA) is 45.9 Å². The number of hydrogen-bond donors (Lipinski definition) is 0. The molecule has 0 saturated carbocycles. The zero-order valence-electron chi connectivity index (χ0n) is 9.85. The summed E-state index contributed by atoms with van der Waals surface area (Å²) in [4.78, 5) is 3.91. The highest BCUT2D eigenvalue weighted by molar-refractivity contribution is 6.31. The predicted octanol–water partition coefficient (Wildman–Crippen LogP) is 3.49. The van der Waals surface area contributed by atoms with E-state index in [0.717, 1.165) is 11.1 Å². The second kappa shape index (κ2) is 5.52. The summed E-state index contributed by atoms with van der Waals surface area (Å²) in [5.74, 6) is 0.696. The molecular weight excluding hydrogens is 248 g/mol. The number of rotatable bonds is 3. The normalized spacial score (nSPS) is 9.83. The Labute approximate surface area is 111 Å². The first kappa shape index (κ1) is 12.4. The number of aromatic nitrogens is 1. The van der Waals surface area contributed by atoms with Crippen LogP contribution in [0.5, 0.6) is 5.75 Å². The molecule has 0 spiro atoms. The molecule has 0 fully saturated rings. The van der Waals surface area contributed by atoms with E-state index in [4.69, 9.17) is 21.6 Å². The number of halogens is 1. The van der Waals surface area contributed by atoms with E-state index in [9.17, 15) is 0 Å². The van der Waals surface area contributed by atoms with Gasteiger partial charge in [-0.3, -0.25) is 4.98 Å². The average Bonchev–Trinajstić information content (AvgIpc) is 2.39. The lowest BCUT2D eigenvalue weighted by Gasteiger charge is -2.10. The largest absolute Gasteiger partial charge is 0.489 e. The SMILES string of the molecule is Cc1ccc(C#N)cc1OCc1ccncc1Cl. The van der Waals surface area contributed by atoms with Crippen LogP contribution in [0.3, 0.4) is 0 Å². The zero-order valence-corrected chi connectivity index (χ0v) is 10.6. The third kappa shape index (κ3) is 2.79. The molecule has 0 amide bonds. The number of ether oxygens (including phenoxy) is 1. The first-order valence-electron chi connectivity index (χ1n) is 5.42. The molecule has 4 heteroatoms. The molecule has 0 unspecified atom stereocenters. The van der Waals surface area contributed by atoms with Gasteiger partial charge in [0.05, 0.1) is 16.7 Å². The van der Waals surface area contributed by atoms with Crippen LogP contribution in [0.15, 0.2) is 36.7 Å². The number of nitriles is 1. The molecule has 1 aromatic heterocycles. The van der Waals surface area contributed by atoms with Crippen molar-refractivity contribution in [2.75, 3.05) is 0 Å². The minimum Gasteiger partial charge on any atom is -0.489 e. The van der Waals surface area contributed by atoms with Gasteiger partial charge in [0.25, 0.3) is 0 Å². The highest BCUT2D eigenvalue weighted by Crippen LogP contribution is 2.22. The zero-order chi connectivity index (χ0) is 13.0. The highest BCUT2D eigenvalue weighted by Gasteiger charge is 2.04. The molecule has 0 bridgehead atoms. The van der Waals surface area contributed by atoms with Crippen LogP contribution in [0, 0.1) is 18.3 Å². The molecule has 0 N–H and O–H groups in total.